The smallest absolute Gasteiger partial charge is 0.0702 e. The predicted octanol–water partition coefficient (Wildman–Crippen LogP) is 3.90. The highest BCUT2D eigenvalue weighted by Crippen LogP contribution is 2.28. The van der Waals surface area contributed by atoms with Gasteiger partial charge in [0.15, 0.2) is 0 Å². The normalized spacial score (nSPS) is 12.8. The topological polar surface area (TPSA) is 42.7 Å². The second-order valence-corrected chi connectivity index (χ2v) is 6.30. The second-order valence-electron chi connectivity index (χ2n) is 5.45. The Labute approximate surface area is 135 Å². The van der Waals surface area contributed by atoms with Crippen molar-refractivity contribution in [3.63, 3.8) is 0 Å². The number of nitrogens with one attached hydrogen (secondary N) is 1. The third-order valence-electron chi connectivity index (χ3n) is 3.39. The van der Waals surface area contributed by atoms with Gasteiger partial charge in [-0.05, 0) is 54.9 Å². The summed E-state index contributed by atoms with van der Waals surface area (Å²) in [7, 11) is 0. The van der Waals surface area contributed by atoms with Crippen LogP contribution >= 0.6 is 15.9 Å². The molecule has 5 heteroatoms. The molecule has 0 bridgehead atoms. The molecule has 114 valence electrons. The first-order valence-corrected chi connectivity index (χ1v) is 8.29. The lowest BCUT2D eigenvalue weighted by molar-refractivity contribution is 0.438. The number of halogens is 1. The summed E-state index contributed by atoms with van der Waals surface area (Å²) in [4.78, 5) is 4.46. The predicted molar refractivity (Wildman–Crippen MR) is 89.3 cm³/mol. The minimum atomic E-state index is 0.208. The van der Waals surface area contributed by atoms with Gasteiger partial charge in [-0.2, -0.15) is 5.10 Å². The van der Waals surface area contributed by atoms with Gasteiger partial charge in [0.1, 0.15) is 0 Å². The van der Waals surface area contributed by atoms with Crippen LogP contribution in [0.2, 0.25) is 0 Å². The lowest BCUT2D eigenvalue weighted by Gasteiger charge is -2.22. The first kappa shape index (κ1) is 16.2. The minimum absolute atomic E-state index is 0.208. The van der Waals surface area contributed by atoms with Crippen molar-refractivity contribution in [2.45, 2.75) is 45.7 Å². The van der Waals surface area contributed by atoms with E-state index in [1.54, 1.807) is 0 Å². The summed E-state index contributed by atoms with van der Waals surface area (Å²) in [5, 5.41) is 8.12. The molecule has 0 amide bonds. The maximum Gasteiger partial charge on any atom is 0.0702 e. The van der Waals surface area contributed by atoms with Crippen molar-refractivity contribution in [3.8, 4) is 0 Å². The maximum absolute atomic E-state index is 4.50. The Bertz CT molecular complexity index is 551. The SMILES string of the molecule is CCCNC(Cc1ccccn1)c1c(Br)cnn1C(C)C. The van der Waals surface area contributed by atoms with E-state index in [0.717, 1.165) is 29.6 Å². The summed E-state index contributed by atoms with van der Waals surface area (Å²) < 4.78 is 3.14. The molecular weight excluding hydrogens is 328 g/mol. The number of hydrogen-bond acceptors (Lipinski definition) is 3. The summed E-state index contributed by atoms with van der Waals surface area (Å²) >= 11 is 3.65. The van der Waals surface area contributed by atoms with E-state index in [0.29, 0.717) is 6.04 Å². The van der Waals surface area contributed by atoms with Crippen molar-refractivity contribution >= 4 is 15.9 Å². The van der Waals surface area contributed by atoms with Gasteiger partial charge >= 0.3 is 0 Å². The Morgan fingerprint density at radius 1 is 1.33 bits per heavy atom. The first-order valence-electron chi connectivity index (χ1n) is 7.49. The summed E-state index contributed by atoms with van der Waals surface area (Å²) in [5.74, 6) is 0. The summed E-state index contributed by atoms with van der Waals surface area (Å²) in [6.45, 7) is 7.47. The Morgan fingerprint density at radius 2 is 2.14 bits per heavy atom. The molecule has 0 aliphatic carbocycles. The van der Waals surface area contributed by atoms with E-state index in [9.17, 15) is 0 Å². The Balaban J connectivity index is 2.29. The molecule has 0 aliphatic rings. The van der Waals surface area contributed by atoms with Gasteiger partial charge in [0, 0.05) is 24.4 Å². The molecule has 2 rings (SSSR count). The Hall–Kier alpha value is -1.20. The van der Waals surface area contributed by atoms with E-state index >= 15 is 0 Å². The average molecular weight is 351 g/mol. The van der Waals surface area contributed by atoms with Gasteiger partial charge in [-0.15, -0.1) is 0 Å². The van der Waals surface area contributed by atoms with Gasteiger partial charge in [0.05, 0.1) is 22.4 Å². The monoisotopic (exact) mass is 350 g/mol. The van der Waals surface area contributed by atoms with Crippen LogP contribution in [0.25, 0.3) is 0 Å². The number of nitrogens with zero attached hydrogens (tertiary/aromatic N) is 3. The molecule has 0 aliphatic heterocycles. The van der Waals surface area contributed by atoms with Gasteiger partial charge in [-0.3, -0.25) is 9.67 Å². The van der Waals surface area contributed by atoms with Crippen LogP contribution in [-0.4, -0.2) is 21.3 Å². The van der Waals surface area contributed by atoms with Crippen LogP contribution in [0, 0.1) is 0 Å². The highest BCUT2D eigenvalue weighted by atomic mass is 79.9. The number of rotatable bonds is 7. The van der Waals surface area contributed by atoms with Gasteiger partial charge < -0.3 is 5.32 Å². The van der Waals surface area contributed by atoms with Crippen LogP contribution in [0.5, 0.6) is 0 Å². The molecule has 2 heterocycles. The maximum atomic E-state index is 4.50. The summed E-state index contributed by atoms with van der Waals surface area (Å²) in [5.41, 5.74) is 2.29. The molecule has 0 fully saturated rings. The average Bonchev–Trinajstić information content (AvgIpc) is 2.86. The van der Waals surface area contributed by atoms with Crippen LogP contribution in [-0.2, 0) is 6.42 Å². The number of aromatic nitrogens is 3. The van der Waals surface area contributed by atoms with Gasteiger partial charge in [0.2, 0.25) is 0 Å². The molecule has 1 N–H and O–H groups in total. The van der Waals surface area contributed by atoms with Gasteiger partial charge in [0.25, 0.3) is 0 Å². The van der Waals surface area contributed by atoms with Crippen molar-refractivity contribution in [3.05, 3.63) is 46.5 Å². The molecule has 4 nitrogen and oxygen atoms in total. The van der Waals surface area contributed by atoms with E-state index in [2.05, 4.69) is 62.8 Å². The molecule has 0 radical (unpaired) electrons. The first-order chi connectivity index (χ1) is 10.1. The highest BCUT2D eigenvalue weighted by Gasteiger charge is 2.21. The van der Waals surface area contributed by atoms with Crippen molar-refractivity contribution < 1.29 is 0 Å². The van der Waals surface area contributed by atoms with Crippen molar-refractivity contribution in [1.82, 2.24) is 20.1 Å². The lowest BCUT2D eigenvalue weighted by atomic mass is 10.1. The Kier molecular flexibility index (Phi) is 5.94. The quantitative estimate of drug-likeness (QED) is 0.823. The van der Waals surface area contributed by atoms with Crippen LogP contribution in [0.1, 0.15) is 50.7 Å². The molecule has 2 aromatic rings. The second kappa shape index (κ2) is 7.71. The third kappa shape index (κ3) is 4.14. The fourth-order valence-corrected chi connectivity index (χ4v) is 2.95. The zero-order valence-corrected chi connectivity index (χ0v) is 14.5. The van der Waals surface area contributed by atoms with Crippen molar-refractivity contribution in [2.75, 3.05) is 6.54 Å². The molecule has 0 saturated carbocycles. The molecule has 0 spiro atoms. The van der Waals surface area contributed by atoms with E-state index in [-0.39, 0.29) is 6.04 Å². The molecule has 0 aromatic carbocycles. The molecule has 21 heavy (non-hydrogen) atoms. The van der Waals surface area contributed by atoms with E-state index < -0.39 is 0 Å². The van der Waals surface area contributed by atoms with Crippen LogP contribution < -0.4 is 5.32 Å². The van der Waals surface area contributed by atoms with Gasteiger partial charge in [-0.25, -0.2) is 0 Å². The molecule has 2 aromatic heterocycles. The van der Waals surface area contributed by atoms with Crippen LogP contribution in [0.3, 0.4) is 0 Å². The van der Waals surface area contributed by atoms with E-state index in [1.165, 1.54) is 5.69 Å². The third-order valence-corrected chi connectivity index (χ3v) is 4.00. The molecular formula is C16H23BrN4. The van der Waals surface area contributed by atoms with Crippen LogP contribution in [0.4, 0.5) is 0 Å². The number of pyridine rings is 1. The molecule has 0 saturated heterocycles. The Morgan fingerprint density at radius 3 is 2.76 bits per heavy atom. The largest absolute Gasteiger partial charge is 0.308 e. The van der Waals surface area contributed by atoms with Crippen LogP contribution in [0.15, 0.2) is 35.1 Å². The number of hydrogen-bond donors (Lipinski definition) is 1. The minimum Gasteiger partial charge on any atom is -0.308 e. The van der Waals surface area contributed by atoms with Crippen molar-refractivity contribution in [2.24, 2.45) is 0 Å². The summed E-state index contributed by atoms with van der Waals surface area (Å²) in [6.07, 6.45) is 5.69. The fraction of sp³-hybridized carbons (Fsp3) is 0.500. The summed E-state index contributed by atoms with van der Waals surface area (Å²) in [6, 6.07) is 6.60. The fourth-order valence-electron chi connectivity index (χ4n) is 2.40. The van der Waals surface area contributed by atoms with E-state index in [4.69, 9.17) is 0 Å². The standard InChI is InChI=1S/C16H23BrN4/c1-4-8-19-15(10-13-7-5-6-9-18-13)16-14(17)11-20-21(16)12(2)3/h5-7,9,11-12,15,19H,4,8,10H2,1-3H3. The lowest BCUT2D eigenvalue weighted by Crippen LogP contribution is -2.27. The van der Waals surface area contributed by atoms with E-state index in [1.807, 2.05) is 24.5 Å². The van der Waals surface area contributed by atoms with Gasteiger partial charge in [-0.1, -0.05) is 13.0 Å². The zero-order valence-electron chi connectivity index (χ0n) is 12.9. The molecule has 1 unspecified atom stereocenters. The molecule has 1 atom stereocenters. The zero-order chi connectivity index (χ0) is 15.2. The highest BCUT2D eigenvalue weighted by molar-refractivity contribution is 9.10. The van der Waals surface area contributed by atoms with Crippen molar-refractivity contribution in [1.29, 1.82) is 0 Å².